The Bertz CT molecular complexity index is 668. The van der Waals surface area contributed by atoms with Crippen LogP contribution >= 0.6 is 0 Å². The Labute approximate surface area is 129 Å². The highest BCUT2D eigenvalue weighted by atomic mass is 16.6. The minimum atomic E-state index is -0.371. The number of rotatable bonds is 5. The van der Waals surface area contributed by atoms with E-state index in [2.05, 4.69) is 15.6 Å². The Kier molecular flexibility index (Phi) is 4.48. The number of hydrogen-bond donors (Lipinski definition) is 2. The molecule has 0 spiro atoms. The van der Waals surface area contributed by atoms with Crippen LogP contribution in [0.3, 0.4) is 0 Å². The molecule has 6 nitrogen and oxygen atoms in total. The monoisotopic (exact) mass is 300 g/mol. The van der Waals surface area contributed by atoms with E-state index in [1.165, 1.54) is 19.0 Å². The van der Waals surface area contributed by atoms with Gasteiger partial charge >= 0.3 is 5.69 Å². The number of nitro groups is 1. The average molecular weight is 300 g/mol. The van der Waals surface area contributed by atoms with Crippen LogP contribution < -0.4 is 10.6 Å². The fraction of sp³-hybridized carbons (Fsp3) is 0.438. The standard InChI is InChI=1S/C16H20N4O2/c21-20(22)15-11-19-14-6-2-1-5-13(14)16(15)18-9-7-12-4-3-8-17-10-12/h1-2,5-6,11-12,17H,3-4,7-10H2,(H,18,19). The van der Waals surface area contributed by atoms with Gasteiger partial charge < -0.3 is 10.6 Å². The molecule has 116 valence electrons. The van der Waals surface area contributed by atoms with Crippen LogP contribution in [0.4, 0.5) is 11.4 Å². The molecule has 2 heterocycles. The van der Waals surface area contributed by atoms with E-state index in [0.717, 1.165) is 37.0 Å². The molecule has 0 amide bonds. The van der Waals surface area contributed by atoms with E-state index in [1.54, 1.807) is 0 Å². The van der Waals surface area contributed by atoms with E-state index in [9.17, 15) is 10.1 Å². The van der Waals surface area contributed by atoms with Crippen molar-refractivity contribution in [1.29, 1.82) is 0 Å². The zero-order chi connectivity index (χ0) is 15.4. The Morgan fingerprint density at radius 1 is 1.41 bits per heavy atom. The Morgan fingerprint density at radius 2 is 2.27 bits per heavy atom. The molecule has 1 fully saturated rings. The maximum atomic E-state index is 11.2. The third-order valence-electron chi connectivity index (χ3n) is 4.21. The summed E-state index contributed by atoms with van der Waals surface area (Å²) in [6, 6.07) is 7.51. The third kappa shape index (κ3) is 3.17. The fourth-order valence-electron chi connectivity index (χ4n) is 3.03. The fourth-order valence-corrected chi connectivity index (χ4v) is 3.03. The highest BCUT2D eigenvalue weighted by Gasteiger charge is 2.18. The lowest BCUT2D eigenvalue weighted by atomic mass is 9.96. The second-order valence-corrected chi connectivity index (χ2v) is 5.72. The lowest BCUT2D eigenvalue weighted by Gasteiger charge is -2.22. The third-order valence-corrected chi connectivity index (χ3v) is 4.21. The smallest absolute Gasteiger partial charge is 0.311 e. The van der Waals surface area contributed by atoms with E-state index in [4.69, 9.17) is 0 Å². The zero-order valence-corrected chi connectivity index (χ0v) is 12.4. The second-order valence-electron chi connectivity index (χ2n) is 5.72. The quantitative estimate of drug-likeness (QED) is 0.655. The first-order valence-corrected chi connectivity index (χ1v) is 7.72. The van der Waals surface area contributed by atoms with Gasteiger partial charge in [0.1, 0.15) is 11.9 Å². The molecule has 1 atom stereocenters. The lowest BCUT2D eigenvalue weighted by Crippen LogP contribution is -2.30. The van der Waals surface area contributed by atoms with Crippen LogP contribution in [0.25, 0.3) is 10.9 Å². The molecule has 0 saturated carbocycles. The molecule has 2 aromatic rings. The van der Waals surface area contributed by atoms with Gasteiger partial charge in [-0.05, 0) is 44.3 Å². The number of piperidine rings is 1. The summed E-state index contributed by atoms with van der Waals surface area (Å²) < 4.78 is 0. The SMILES string of the molecule is O=[N+]([O-])c1cnc2ccccc2c1NCCC1CCCNC1. The first kappa shape index (κ1) is 14.7. The molecule has 0 aliphatic carbocycles. The van der Waals surface area contributed by atoms with Crippen LogP contribution in [-0.2, 0) is 0 Å². The average Bonchev–Trinajstić information content (AvgIpc) is 2.55. The van der Waals surface area contributed by atoms with Crippen LogP contribution in [-0.4, -0.2) is 29.5 Å². The molecule has 1 unspecified atom stereocenters. The van der Waals surface area contributed by atoms with Gasteiger partial charge in [0.2, 0.25) is 0 Å². The van der Waals surface area contributed by atoms with Crippen LogP contribution in [0.5, 0.6) is 0 Å². The van der Waals surface area contributed by atoms with Crippen molar-refractivity contribution in [3.05, 3.63) is 40.6 Å². The van der Waals surface area contributed by atoms with Crippen molar-refractivity contribution in [1.82, 2.24) is 10.3 Å². The van der Waals surface area contributed by atoms with Crippen LogP contribution in [0.1, 0.15) is 19.3 Å². The topological polar surface area (TPSA) is 80.1 Å². The summed E-state index contributed by atoms with van der Waals surface area (Å²) in [6.07, 6.45) is 4.80. The van der Waals surface area contributed by atoms with Gasteiger partial charge in [-0.15, -0.1) is 0 Å². The predicted molar refractivity (Wildman–Crippen MR) is 87.1 cm³/mol. The summed E-state index contributed by atoms with van der Waals surface area (Å²) in [5.74, 6) is 0.647. The highest BCUT2D eigenvalue weighted by Crippen LogP contribution is 2.31. The minimum Gasteiger partial charge on any atom is -0.379 e. The zero-order valence-electron chi connectivity index (χ0n) is 12.4. The number of fused-ring (bicyclic) bond motifs is 1. The molecule has 1 aliphatic heterocycles. The molecule has 0 bridgehead atoms. The van der Waals surface area contributed by atoms with E-state index in [-0.39, 0.29) is 10.6 Å². The van der Waals surface area contributed by atoms with Crippen molar-refractivity contribution in [2.75, 3.05) is 25.0 Å². The lowest BCUT2D eigenvalue weighted by molar-refractivity contribution is -0.384. The van der Waals surface area contributed by atoms with E-state index in [1.807, 2.05) is 24.3 Å². The summed E-state index contributed by atoms with van der Waals surface area (Å²) in [7, 11) is 0. The number of benzene rings is 1. The van der Waals surface area contributed by atoms with Gasteiger partial charge in [0.05, 0.1) is 10.4 Å². The first-order chi connectivity index (χ1) is 10.8. The number of aromatic nitrogens is 1. The van der Waals surface area contributed by atoms with Gasteiger partial charge in [-0.25, -0.2) is 4.98 Å². The molecule has 3 rings (SSSR count). The van der Waals surface area contributed by atoms with Gasteiger partial charge in [-0.1, -0.05) is 18.2 Å². The normalized spacial score (nSPS) is 18.3. The molecule has 1 aromatic carbocycles. The number of nitrogens with zero attached hydrogens (tertiary/aromatic N) is 2. The largest absolute Gasteiger partial charge is 0.379 e. The number of anilines is 1. The van der Waals surface area contributed by atoms with Crippen molar-refractivity contribution in [2.45, 2.75) is 19.3 Å². The molecule has 22 heavy (non-hydrogen) atoms. The maximum absolute atomic E-state index is 11.2. The summed E-state index contributed by atoms with van der Waals surface area (Å²) in [5, 5.41) is 18.7. The molecule has 1 aromatic heterocycles. The Balaban J connectivity index is 1.78. The Hall–Kier alpha value is -2.21. The van der Waals surface area contributed by atoms with Gasteiger partial charge in [0.25, 0.3) is 0 Å². The van der Waals surface area contributed by atoms with Crippen LogP contribution in [0, 0.1) is 16.0 Å². The van der Waals surface area contributed by atoms with Gasteiger partial charge in [-0.2, -0.15) is 0 Å². The van der Waals surface area contributed by atoms with Crippen molar-refractivity contribution in [2.24, 2.45) is 5.92 Å². The van der Waals surface area contributed by atoms with Gasteiger partial charge in [0.15, 0.2) is 0 Å². The molecule has 6 heteroatoms. The maximum Gasteiger partial charge on any atom is 0.311 e. The summed E-state index contributed by atoms with van der Waals surface area (Å²) in [5.41, 5.74) is 1.40. The van der Waals surface area contributed by atoms with Crippen LogP contribution in [0.15, 0.2) is 30.5 Å². The van der Waals surface area contributed by atoms with Gasteiger partial charge in [-0.3, -0.25) is 10.1 Å². The molecular weight excluding hydrogens is 280 g/mol. The minimum absolute atomic E-state index is 0.0421. The van der Waals surface area contributed by atoms with Crippen molar-refractivity contribution in [3.8, 4) is 0 Å². The molecule has 2 N–H and O–H groups in total. The van der Waals surface area contributed by atoms with E-state index >= 15 is 0 Å². The second kappa shape index (κ2) is 6.70. The van der Waals surface area contributed by atoms with Crippen molar-refractivity contribution >= 4 is 22.3 Å². The Morgan fingerprint density at radius 3 is 3.05 bits per heavy atom. The highest BCUT2D eigenvalue weighted by molar-refractivity contribution is 5.95. The van der Waals surface area contributed by atoms with Crippen molar-refractivity contribution in [3.63, 3.8) is 0 Å². The molecule has 0 radical (unpaired) electrons. The molecule has 1 aliphatic rings. The summed E-state index contributed by atoms with van der Waals surface area (Å²) in [6.45, 7) is 2.88. The summed E-state index contributed by atoms with van der Waals surface area (Å²) >= 11 is 0. The number of pyridine rings is 1. The first-order valence-electron chi connectivity index (χ1n) is 7.72. The van der Waals surface area contributed by atoms with E-state index < -0.39 is 0 Å². The van der Waals surface area contributed by atoms with Gasteiger partial charge in [0, 0.05) is 11.9 Å². The predicted octanol–water partition coefficient (Wildman–Crippen LogP) is 2.94. The number of hydrogen-bond acceptors (Lipinski definition) is 5. The summed E-state index contributed by atoms with van der Waals surface area (Å²) in [4.78, 5) is 15.0. The molecular formula is C16H20N4O2. The number of nitrogens with one attached hydrogen (secondary N) is 2. The van der Waals surface area contributed by atoms with Crippen LogP contribution in [0.2, 0.25) is 0 Å². The van der Waals surface area contributed by atoms with Crippen molar-refractivity contribution < 1.29 is 4.92 Å². The molecule has 1 saturated heterocycles. The van der Waals surface area contributed by atoms with E-state index in [0.29, 0.717) is 11.6 Å². The number of para-hydroxylation sites is 1.